The average Bonchev–Trinajstić information content (AvgIpc) is 3.34. The number of hydrogen-bond acceptors (Lipinski definition) is 2. The second-order valence-corrected chi connectivity index (χ2v) is 11.0. The summed E-state index contributed by atoms with van der Waals surface area (Å²) in [6.07, 6.45) is 4.54. The van der Waals surface area contributed by atoms with E-state index >= 15 is 0 Å². The summed E-state index contributed by atoms with van der Waals surface area (Å²) in [7, 11) is -3.41. The smallest absolute Gasteiger partial charge is 0.305 e. The van der Waals surface area contributed by atoms with E-state index in [2.05, 4.69) is 9.68 Å². The summed E-state index contributed by atoms with van der Waals surface area (Å²) in [6, 6.07) is 6.33. The first-order valence-corrected chi connectivity index (χ1v) is 12.0. The highest BCUT2D eigenvalue weighted by Crippen LogP contribution is 2.41. The molecule has 7 heteroatoms. The number of nitrogens with two attached hydrogens (primary N) is 1. The average molecular weight is 430 g/mol. The van der Waals surface area contributed by atoms with Crippen molar-refractivity contribution in [2.45, 2.75) is 69.6 Å². The molecule has 0 aromatic heterocycles. The lowest BCUT2D eigenvalue weighted by Crippen LogP contribution is -2.20. The first-order valence-electron chi connectivity index (χ1n) is 10.4. The Hall–Kier alpha value is -2.25. The fraction of sp³-hybridized carbons (Fsp3) is 0.435. The van der Waals surface area contributed by atoms with Gasteiger partial charge in [-0.2, -0.15) is 0 Å². The van der Waals surface area contributed by atoms with Gasteiger partial charge in [-0.1, -0.05) is 32.9 Å². The summed E-state index contributed by atoms with van der Waals surface area (Å²) in [4.78, 5) is 13.1. The van der Waals surface area contributed by atoms with E-state index in [1.165, 1.54) is 0 Å². The van der Waals surface area contributed by atoms with E-state index in [0.29, 0.717) is 34.6 Å². The Kier molecular flexibility index (Phi) is 5.22. The monoisotopic (exact) mass is 429 g/mol. The summed E-state index contributed by atoms with van der Waals surface area (Å²) in [5.41, 5.74) is 4.59. The third kappa shape index (κ3) is 3.76. The van der Waals surface area contributed by atoms with Gasteiger partial charge in [-0.3, -0.25) is 0 Å². The highest BCUT2D eigenvalue weighted by molar-refractivity contribution is 7.91. The molecule has 0 spiro atoms. The van der Waals surface area contributed by atoms with E-state index in [0.717, 1.165) is 42.4 Å². The van der Waals surface area contributed by atoms with Crippen LogP contribution in [0.3, 0.4) is 0 Å². The first kappa shape index (κ1) is 21.0. The van der Waals surface area contributed by atoms with Gasteiger partial charge in [0.15, 0.2) is 0 Å². The van der Waals surface area contributed by atoms with Gasteiger partial charge < -0.3 is 5.32 Å². The number of nitrogens with zero attached hydrogens (tertiary/aromatic N) is 1. The number of nitrogens with one attached hydrogen (secondary N) is 1. The number of anilines is 1. The maximum atomic E-state index is 14.8. The van der Waals surface area contributed by atoms with Crippen LogP contribution < -0.4 is 10.5 Å². The molecular weight excluding hydrogens is 401 g/mol. The topological polar surface area (TPSA) is 84.6 Å². The van der Waals surface area contributed by atoms with E-state index in [4.69, 9.17) is 5.14 Å². The largest absolute Gasteiger partial charge is 0.354 e. The second-order valence-electron chi connectivity index (χ2n) is 9.18. The van der Waals surface area contributed by atoms with Crippen LogP contribution in [0.5, 0.6) is 0 Å². The van der Waals surface area contributed by atoms with Crippen molar-refractivity contribution in [1.82, 2.24) is 0 Å². The van der Waals surface area contributed by atoms with Gasteiger partial charge in [-0.05, 0) is 83.9 Å². The van der Waals surface area contributed by atoms with Crippen molar-refractivity contribution in [2.24, 2.45) is 9.50 Å². The van der Waals surface area contributed by atoms with Gasteiger partial charge in [-0.15, -0.1) is 4.36 Å². The van der Waals surface area contributed by atoms with Crippen molar-refractivity contribution < 1.29 is 13.4 Å². The Morgan fingerprint density at radius 2 is 1.63 bits per heavy atom. The summed E-state index contributed by atoms with van der Waals surface area (Å²) < 4.78 is 31.7. The van der Waals surface area contributed by atoms with Crippen LogP contribution in [0.25, 0.3) is 0 Å². The van der Waals surface area contributed by atoms with E-state index < -0.39 is 15.9 Å². The minimum absolute atomic E-state index is 0.105. The van der Waals surface area contributed by atoms with Gasteiger partial charge in [0.1, 0.15) is 15.7 Å². The van der Waals surface area contributed by atoms with Crippen LogP contribution in [-0.4, -0.2) is 10.2 Å². The predicted octanol–water partition coefficient (Wildman–Crippen LogP) is 5.03. The SMILES string of the molecule is CC(C)(C)c1cccc(S(N)(=O)=NC(=O)Nc2c3c(c(F)c4c2CCC4)CCC3)c1. The minimum Gasteiger partial charge on any atom is -0.305 e. The summed E-state index contributed by atoms with van der Waals surface area (Å²) in [5.74, 6) is -0.105. The normalized spacial score (nSPS) is 17.2. The molecule has 0 fully saturated rings. The fourth-order valence-electron chi connectivity index (χ4n) is 4.49. The van der Waals surface area contributed by atoms with Crippen LogP contribution in [-0.2, 0) is 41.0 Å². The summed E-state index contributed by atoms with van der Waals surface area (Å²) >= 11 is 0. The third-order valence-electron chi connectivity index (χ3n) is 6.06. The molecular formula is C23H28FN3O2S. The molecule has 0 bridgehead atoms. The lowest BCUT2D eigenvalue weighted by atomic mass is 9.87. The standard InChI is InChI=1S/C23H28FN3O2S/c1-23(2,3)14-7-4-8-15(13-14)30(25,29)27-22(28)26-21-18-11-5-9-16(18)20(24)17-10-6-12-19(17)21/h4,7-8,13H,5-6,9-12H2,1-3H3,(H3,25,26,27,28,29). The third-order valence-corrected chi connectivity index (χ3v) is 7.42. The van der Waals surface area contributed by atoms with Crippen LogP contribution in [0.1, 0.15) is 61.4 Å². The van der Waals surface area contributed by atoms with Gasteiger partial charge in [0, 0.05) is 5.69 Å². The molecule has 2 aliphatic rings. The van der Waals surface area contributed by atoms with Crippen LogP contribution >= 0.6 is 0 Å². The van der Waals surface area contributed by atoms with Crippen LogP contribution in [0.4, 0.5) is 14.9 Å². The van der Waals surface area contributed by atoms with Crippen molar-refractivity contribution in [3.8, 4) is 0 Å². The molecule has 0 heterocycles. The molecule has 1 unspecified atom stereocenters. The Morgan fingerprint density at radius 1 is 1.07 bits per heavy atom. The number of benzene rings is 2. The zero-order chi connectivity index (χ0) is 21.7. The number of halogens is 1. The fourth-order valence-corrected chi connectivity index (χ4v) is 5.46. The van der Waals surface area contributed by atoms with Gasteiger partial charge in [0.05, 0.1) is 4.90 Å². The van der Waals surface area contributed by atoms with E-state index in [9.17, 15) is 13.4 Å². The van der Waals surface area contributed by atoms with Gasteiger partial charge in [0.25, 0.3) is 0 Å². The van der Waals surface area contributed by atoms with Crippen molar-refractivity contribution in [3.05, 3.63) is 57.9 Å². The number of rotatable bonds is 2. The summed E-state index contributed by atoms with van der Waals surface area (Å²) in [6.45, 7) is 6.14. The Bertz CT molecular complexity index is 1120. The number of carbonyl (C=O) groups excluding carboxylic acids is 1. The van der Waals surface area contributed by atoms with Crippen molar-refractivity contribution >= 4 is 21.6 Å². The van der Waals surface area contributed by atoms with Gasteiger partial charge >= 0.3 is 6.03 Å². The molecule has 0 radical (unpaired) electrons. The maximum absolute atomic E-state index is 14.8. The molecule has 2 amide bonds. The van der Waals surface area contributed by atoms with E-state index in [1.807, 2.05) is 26.8 Å². The number of urea groups is 1. The molecule has 160 valence electrons. The minimum atomic E-state index is -3.41. The molecule has 3 N–H and O–H groups in total. The molecule has 30 heavy (non-hydrogen) atoms. The predicted molar refractivity (Wildman–Crippen MR) is 118 cm³/mol. The molecule has 4 rings (SSSR count). The maximum Gasteiger partial charge on any atom is 0.354 e. The van der Waals surface area contributed by atoms with Gasteiger partial charge in [-0.25, -0.2) is 18.5 Å². The number of hydrogen-bond donors (Lipinski definition) is 2. The highest BCUT2D eigenvalue weighted by atomic mass is 32.2. The van der Waals surface area contributed by atoms with Crippen LogP contribution in [0, 0.1) is 5.82 Å². The first-order chi connectivity index (χ1) is 14.1. The Labute approximate surface area is 177 Å². The van der Waals surface area contributed by atoms with E-state index in [-0.39, 0.29) is 11.2 Å². The molecule has 5 nitrogen and oxygen atoms in total. The number of amides is 2. The molecule has 0 aliphatic heterocycles. The molecule has 2 aliphatic carbocycles. The molecule has 0 saturated carbocycles. The molecule has 1 atom stereocenters. The summed E-state index contributed by atoms with van der Waals surface area (Å²) in [5, 5.41) is 8.80. The van der Waals surface area contributed by atoms with Crippen molar-refractivity contribution in [1.29, 1.82) is 0 Å². The second kappa shape index (κ2) is 7.46. The quantitative estimate of drug-likeness (QED) is 0.701. The van der Waals surface area contributed by atoms with Crippen LogP contribution in [0.15, 0.2) is 33.5 Å². The van der Waals surface area contributed by atoms with Crippen molar-refractivity contribution in [2.75, 3.05) is 5.32 Å². The van der Waals surface area contributed by atoms with Crippen LogP contribution in [0.2, 0.25) is 0 Å². The number of fused-ring (bicyclic) bond motifs is 2. The highest BCUT2D eigenvalue weighted by Gasteiger charge is 2.30. The molecule has 2 aromatic rings. The Morgan fingerprint density at radius 3 is 2.20 bits per heavy atom. The number of carbonyl (C=O) groups is 1. The zero-order valence-corrected chi connectivity index (χ0v) is 18.5. The van der Waals surface area contributed by atoms with Crippen molar-refractivity contribution in [3.63, 3.8) is 0 Å². The zero-order valence-electron chi connectivity index (χ0n) is 17.7. The molecule has 0 saturated heterocycles. The molecule has 2 aromatic carbocycles. The van der Waals surface area contributed by atoms with E-state index in [1.54, 1.807) is 18.2 Å². The lowest BCUT2D eigenvalue weighted by Gasteiger charge is -2.20. The lowest BCUT2D eigenvalue weighted by molar-refractivity contribution is 0.260. The van der Waals surface area contributed by atoms with Gasteiger partial charge in [0.2, 0.25) is 0 Å². The Balaban J connectivity index is 1.69.